The topological polar surface area (TPSA) is 66.8 Å². The largest absolute Gasteiger partial charge is 0.492 e. The molecule has 0 saturated carbocycles. The predicted molar refractivity (Wildman–Crippen MR) is 74.0 cm³/mol. The molecule has 0 saturated heterocycles. The Hall–Kier alpha value is -1.75. The number of halogens is 1. The van der Waals surface area contributed by atoms with Crippen molar-refractivity contribution in [1.29, 1.82) is 0 Å². The molecule has 1 aromatic rings. The summed E-state index contributed by atoms with van der Waals surface area (Å²) < 4.78 is 5.57. The van der Waals surface area contributed by atoms with Crippen LogP contribution >= 0.6 is 11.6 Å². The van der Waals surface area contributed by atoms with Crippen molar-refractivity contribution in [1.82, 2.24) is 4.90 Å². The zero-order valence-electron chi connectivity index (χ0n) is 11.1. The number of ether oxygens (including phenoxy) is 1. The van der Waals surface area contributed by atoms with Gasteiger partial charge in [0, 0.05) is 18.6 Å². The average Bonchev–Trinajstić information content (AvgIpc) is 2.43. The van der Waals surface area contributed by atoms with Crippen LogP contribution in [0.25, 0.3) is 0 Å². The minimum Gasteiger partial charge on any atom is -0.492 e. The van der Waals surface area contributed by atoms with Crippen molar-refractivity contribution in [3.05, 3.63) is 28.8 Å². The summed E-state index contributed by atoms with van der Waals surface area (Å²) in [5, 5.41) is 9.25. The standard InChI is InChI=1S/C14H16ClNO4/c1-16(5-4-13(17)18)14(19)10-6-9-7-11(15)2-3-12(9)20-8-10/h2-3,7,10H,4-6,8H2,1H3,(H,17,18). The van der Waals surface area contributed by atoms with Crippen LogP contribution in [0, 0.1) is 5.92 Å². The summed E-state index contributed by atoms with van der Waals surface area (Å²) in [6.07, 6.45) is 0.504. The van der Waals surface area contributed by atoms with E-state index in [1.807, 2.05) is 0 Å². The number of fused-ring (bicyclic) bond motifs is 1. The molecule has 0 aliphatic carbocycles. The Balaban J connectivity index is 2.01. The van der Waals surface area contributed by atoms with E-state index < -0.39 is 5.97 Å². The lowest BCUT2D eigenvalue weighted by atomic mass is 9.95. The van der Waals surface area contributed by atoms with Crippen molar-refractivity contribution in [2.75, 3.05) is 20.2 Å². The fourth-order valence-corrected chi connectivity index (χ4v) is 2.40. The smallest absolute Gasteiger partial charge is 0.305 e. The summed E-state index contributed by atoms with van der Waals surface area (Å²) in [5.41, 5.74) is 0.911. The highest BCUT2D eigenvalue weighted by molar-refractivity contribution is 6.30. The van der Waals surface area contributed by atoms with Gasteiger partial charge >= 0.3 is 5.97 Å². The van der Waals surface area contributed by atoms with Crippen LogP contribution in [0.2, 0.25) is 5.02 Å². The van der Waals surface area contributed by atoms with E-state index in [1.54, 1.807) is 25.2 Å². The van der Waals surface area contributed by atoms with Crippen LogP contribution in [0.1, 0.15) is 12.0 Å². The fourth-order valence-electron chi connectivity index (χ4n) is 2.21. The van der Waals surface area contributed by atoms with E-state index in [-0.39, 0.29) is 24.8 Å². The Labute approximate surface area is 122 Å². The molecule has 1 atom stereocenters. The van der Waals surface area contributed by atoms with Crippen LogP contribution in [-0.2, 0) is 16.0 Å². The summed E-state index contributed by atoms with van der Waals surface area (Å²) in [4.78, 5) is 24.2. The monoisotopic (exact) mass is 297 g/mol. The number of hydrogen-bond donors (Lipinski definition) is 1. The lowest BCUT2D eigenvalue weighted by Gasteiger charge is -2.28. The second-order valence-electron chi connectivity index (χ2n) is 4.87. The summed E-state index contributed by atoms with van der Waals surface area (Å²) in [6, 6.07) is 5.35. The molecule has 2 rings (SSSR count). The number of carbonyl (C=O) groups is 2. The molecule has 1 aliphatic rings. The third-order valence-corrected chi connectivity index (χ3v) is 3.55. The molecule has 20 heavy (non-hydrogen) atoms. The second kappa shape index (κ2) is 6.13. The van der Waals surface area contributed by atoms with Crippen molar-refractivity contribution in [2.45, 2.75) is 12.8 Å². The Kier molecular flexibility index (Phi) is 4.49. The molecule has 1 unspecified atom stereocenters. The van der Waals surface area contributed by atoms with Gasteiger partial charge in [0.1, 0.15) is 12.4 Å². The van der Waals surface area contributed by atoms with E-state index >= 15 is 0 Å². The Morgan fingerprint density at radius 1 is 1.50 bits per heavy atom. The third kappa shape index (κ3) is 3.42. The summed E-state index contributed by atoms with van der Waals surface area (Å²) in [6.45, 7) is 0.512. The molecule has 1 amide bonds. The van der Waals surface area contributed by atoms with Gasteiger partial charge in [-0.15, -0.1) is 0 Å². The fraction of sp³-hybridized carbons (Fsp3) is 0.429. The van der Waals surface area contributed by atoms with E-state index in [0.29, 0.717) is 18.1 Å². The first-order chi connectivity index (χ1) is 9.47. The first-order valence-electron chi connectivity index (χ1n) is 6.35. The number of rotatable bonds is 4. The van der Waals surface area contributed by atoms with E-state index in [4.69, 9.17) is 21.4 Å². The Bertz CT molecular complexity index is 532. The van der Waals surface area contributed by atoms with Crippen molar-refractivity contribution in [2.24, 2.45) is 5.92 Å². The third-order valence-electron chi connectivity index (χ3n) is 3.32. The van der Waals surface area contributed by atoms with Gasteiger partial charge < -0.3 is 14.7 Å². The normalized spacial score (nSPS) is 17.0. The van der Waals surface area contributed by atoms with Crippen LogP contribution in [0.15, 0.2) is 18.2 Å². The van der Waals surface area contributed by atoms with Gasteiger partial charge in [0.15, 0.2) is 0 Å². The molecule has 0 spiro atoms. The number of nitrogens with zero attached hydrogens (tertiary/aromatic N) is 1. The van der Waals surface area contributed by atoms with E-state index in [2.05, 4.69) is 0 Å². The molecule has 6 heteroatoms. The summed E-state index contributed by atoms with van der Waals surface area (Å²) in [5.74, 6) is -0.551. The number of hydrogen-bond acceptors (Lipinski definition) is 3. The minimum absolute atomic E-state index is 0.0573. The van der Waals surface area contributed by atoms with Crippen LogP contribution in [0.5, 0.6) is 5.75 Å². The number of carboxylic acid groups (broad SMARTS) is 1. The highest BCUT2D eigenvalue weighted by atomic mass is 35.5. The van der Waals surface area contributed by atoms with Crippen LogP contribution in [0.3, 0.4) is 0 Å². The average molecular weight is 298 g/mol. The number of amides is 1. The minimum atomic E-state index is -0.915. The van der Waals surface area contributed by atoms with Gasteiger partial charge in [0.2, 0.25) is 5.91 Å². The zero-order valence-corrected chi connectivity index (χ0v) is 11.9. The maximum absolute atomic E-state index is 12.2. The number of aliphatic carboxylic acids is 1. The van der Waals surface area contributed by atoms with Crippen LogP contribution in [-0.4, -0.2) is 42.1 Å². The molecular weight excluding hydrogens is 282 g/mol. The van der Waals surface area contributed by atoms with E-state index in [0.717, 1.165) is 11.3 Å². The molecule has 108 valence electrons. The predicted octanol–water partition coefficient (Wildman–Crippen LogP) is 1.82. The quantitative estimate of drug-likeness (QED) is 0.920. The van der Waals surface area contributed by atoms with Gasteiger partial charge in [-0.1, -0.05) is 11.6 Å². The highest BCUT2D eigenvalue weighted by Crippen LogP contribution is 2.30. The molecule has 1 aliphatic heterocycles. The second-order valence-corrected chi connectivity index (χ2v) is 5.30. The van der Waals surface area contributed by atoms with Gasteiger partial charge in [-0.25, -0.2) is 0 Å². The van der Waals surface area contributed by atoms with Gasteiger partial charge in [-0.3, -0.25) is 9.59 Å². The first-order valence-corrected chi connectivity index (χ1v) is 6.73. The van der Waals surface area contributed by atoms with Crippen LogP contribution < -0.4 is 4.74 Å². The Morgan fingerprint density at radius 2 is 2.25 bits per heavy atom. The molecule has 1 aromatic carbocycles. The van der Waals surface area contributed by atoms with Crippen molar-refractivity contribution in [3.8, 4) is 5.75 Å². The molecule has 1 heterocycles. The number of benzene rings is 1. The van der Waals surface area contributed by atoms with Crippen molar-refractivity contribution < 1.29 is 19.4 Å². The van der Waals surface area contributed by atoms with E-state index in [9.17, 15) is 9.59 Å². The number of carbonyl (C=O) groups excluding carboxylic acids is 1. The molecular formula is C14H16ClNO4. The SMILES string of the molecule is CN(CCC(=O)O)C(=O)C1COc2ccc(Cl)cc2C1. The highest BCUT2D eigenvalue weighted by Gasteiger charge is 2.28. The van der Waals surface area contributed by atoms with Gasteiger partial charge in [-0.2, -0.15) is 0 Å². The van der Waals surface area contributed by atoms with Crippen LogP contribution in [0.4, 0.5) is 0 Å². The van der Waals surface area contributed by atoms with Crippen molar-refractivity contribution >= 4 is 23.5 Å². The number of carboxylic acids is 1. The molecule has 0 bridgehead atoms. The molecule has 0 radical (unpaired) electrons. The summed E-state index contributed by atoms with van der Waals surface area (Å²) in [7, 11) is 1.61. The van der Waals surface area contributed by atoms with Gasteiger partial charge in [0.25, 0.3) is 0 Å². The van der Waals surface area contributed by atoms with Gasteiger partial charge in [-0.05, 0) is 30.2 Å². The zero-order chi connectivity index (χ0) is 14.7. The molecule has 1 N–H and O–H groups in total. The lowest BCUT2D eigenvalue weighted by molar-refractivity contribution is -0.139. The van der Waals surface area contributed by atoms with E-state index in [1.165, 1.54) is 4.90 Å². The maximum Gasteiger partial charge on any atom is 0.305 e. The van der Waals surface area contributed by atoms with Gasteiger partial charge in [0.05, 0.1) is 12.3 Å². The maximum atomic E-state index is 12.2. The molecule has 0 aromatic heterocycles. The lowest BCUT2D eigenvalue weighted by Crippen LogP contribution is -2.39. The first kappa shape index (κ1) is 14.7. The Morgan fingerprint density at radius 3 is 2.95 bits per heavy atom. The van der Waals surface area contributed by atoms with Crippen molar-refractivity contribution in [3.63, 3.8) is 0 Å². The molecule has 0 fully saturated rings. The molecule has 5 nitrogen and oxygen atoms in total. The summed E-state index contributed by atoms with van der Waals surface area (Å²) >= 11 is 5.93.